The lowest BCUT2D eigenvalue weighted by molar-refractivity contribution is -0.385. The molecule has 0 N–H and O–H groups in total. The van der Waals surface area contributed by atoms with E-state index in [1.807, 2.05) is 0 Å². The van der Waals surface area contributed by atoms with Gasteiger partial charge in [0, 0.05) is 25.0 Å². The molecule has 270 valence electrons. The first kappa shape index (κ1) is 36.5. The van der Waals surface area contributed by atoms with Crippen molar-refractivity contribution in [1.29, 1.82) is 0 Å². The van der Waals surface area contributed by atoms with Gasteiger partial charge in [0.2, 0.25) is 0 Å². The number of piperazine rings is 1. The molecule has 5 rings (SSSR count). The average molecular weight is 710 g/mol. The molecule has 15 nitrogen and oxygen atoms in total. The van der Waals surface area contributed by atoms with Crippen LogP contribution in [0.2, 0.25) is 0 Å². The SMILES string of the molecule is COC(=O)[C@H]1CN(C(=O)OC(C)(C)C)[C@H](C)CN1c1c([N+](=O)[O-])c(=O)n(-c2nccnc2C(C)C)c2nc(-c3c(F)cccc3OC)c(F)cc12. The summed E-state index contributed by atoms with van der Waals surface area (Å²) in [5.74, 6) is -3.47. The van der Waals surface area contributed by atoms with Crippen molar-refractivity contribution in [2.75, 3.05) is 32.2 Å². The van der Waals surface area contributed by atoms with Gasteiger partial charge >= 0.3 is 23.3 Å². The lowest BCUT2D eigenvalue weighted by Crippen LogP contribution is -2.62. The summed E-state index contributed by atoms with van der Waals surface area (Å²) in [6, 6.07) is 2.53. The van der Waals surface area contributed by atoms with Crippen molar-refractivity contribution in [2.24, 2.45) is 0 Å². The number of methoxy groups -OCH3 is 2. The number of anilines is 1. The van der Waals surface area contributed by atoms with Crippen LogP contribution in [0.25, 0.3) is 28.1 Å². The number of fused-ring (bicyclic) bond motifs is 1. The van der Waals surface area contributed by atoms with Crippen molar-refractivity contribution in [3.05, 3.63) is 74.5 Å². The lowest BCUT2D eigenvalue weighted by Gasteiger charge is -2.44. The Morgan fingerprint density at radius 3 is 2.37 bits per heavy atom. The molecule has 51 heavy (non-hydrogen) atoms. The van der Waals surface area contributed by atoms with Crippen molar-refractivity contribution in [1.82, 2.24) is 24.4 Å². The van der Waals surface area contributed by atoms with Gasteiger partial charge in [0.15, 0.2) is 17.3 Å². The van der Waals surface area contributed by atoms with Gasteiger partial charge in [-0.05, 0) is 51.8 Å². The highest BCUT2D eigenvalue weighted by Crippen LogP contribution is 2.41. The number of carbonyl (C=O) groups is 2. The predicted molar refractivity (Wildman–Crippen MR) is 181 cm³/mol. The summed E-state index contributed by atoms with van der Waals surface area (Å²) in [5, 5.41) is 12.7. The molecule has 0 radical (unpaired) electrons. The number of hydrogen-bond donors (Lipinski definition) is 0. The number of nitrogens with zero attached hydrogens (tertiary/aromatic N) is 7. The molecule has 1 fully saturated rings. The normalized spacial score (nSPS) is 16.4. The summed E-state index contributed by atoms with van der Waals surface area (Å²) in [6.45, 7) is 9.53. The molecule has 0 spiro atoms. The highest BCUT2D eigenvalue weighted by Gasteiger charge is 2.45. The molecule has 0 unspecified atom stereocenters. The maximum absolute atomic E-state index is 16.4. The molecule has 1 amide bonds. The van der Waals surface area contributed by atoms with Gasteiger partial charge in [-0.3, -0.25) is 19.9 Å². The standard InChI is InChI=1S/C34H37F2N7O8/c1-17(2)25-30(38-13-12-37-25)42-29-19(14-21(36)26(39-29)24-20(35)10-9-11-23(24)49-7)27(28(31(42)44)43(47)48)41-15-18(3)40(16-22(41)32(45)50-8)33(46)51-34(4,5)6/h9-14,17-18,22H,15-16H2,1-8H3/t18-,22-/m1/s1. The fourth-order valence-corrected chi connectivity index (χ4v) is 6.04. The highest BCUT2D eigenvalue weighted by atomic mass is 19.1. The minimum atomic E-state index is -1.42. The number of pyridine rings is 2. The molecule has 0 saturated carbocycles. The smallest absolute Gasteiger partial charge is 0.410 e. The molecule has 3 aromatic heterocycles. The Morgan fingerprint density at radius 1 is 1.08 bits per heavy atom. The summed E-state index contributed by atoms with van der Waals surface area (Å²) < 4.78 is 48.5. The van der Waals surface area contributed by atoms with Crippen LogP contribution in [0.15, 0.2) is 41.5 Å². The van der Waals surface area contributed by atoms with E-state index in [9.17, 15) is 24.5 Å². The Morgan fingerprint density at radius 2 is 1.76 bits per heavy atom. The Balaban J connectivity index is 1.91. The van der Waals surface area contributed by atoms with Crippen molar-refractivity contribution in [2.45, 2.75) is 65.1 Å². The molecule has 0 bridgehead atoms. The van der Waals surface area contributed by atoms with Crippen LogP contribution in [0.5, 0.6) is 5.75 Å². The maximum Gasteiger partial charge on any atom is 0.410 e. The van der Waals surface area contributed by atoms with Crippen molar-refractivity contribution >= 4 is 34.5 Å². The first-order chi connectivity index (χ1) is 24.0. The van der Waals surface area contributed by atoms with Crippen molar-refractivity contribution in [3.8, 4) is 22.8 Å². The van der Waals surface area contributed by atoms with Gasteiger partial charge < -0.3 is 24.0 Å². The summed E-state index contributed by atoms with van der Waals surface area (Å²) in [6.07, 6.45) is 1.90. The molecule has 17 heteroatoms. The third-order valence-electron chi connectivity index (χ3n) is 8.26. The van der Waals surface area contributed by atoms with E-state index in [2.05, 4.69) is 15.0 Å². The molecular formula is C34H37F2N7O8. The molecule has 4 heterocycles. The van der Waals surface area contributed by atoms with Gasteiger partial charge in [-0.15, -0.1) is 0 Å². The Bertz CT molecular complexity index is 2100. The summed E-state index contributed by atoms with van der Waals surface area (Å²) in [7, 11) is 2.35. The third kappa shape index (κ3) is 6.74. The van der Waals surface area contributed by atoms with Gasteiger partial charge in [0.1, 0.15) is 34.6 Å². The van der Waals surface area contributed by atoms with Crippen LogP contribution < -0.4 is 15.2 Å². The summed E-state index contributed by atoms with van der Waals surface area (Å²) >= 11 is 0. The van der Waals surface area contributed by atoms with Gasteiger partial charge in [0.05, 0.1) is 42.3 Å². The van der Waals surface area contributed by atoms with E-state index in [4.69, 9.17) is 14.2 Å². The number of hydrogen-bond acceptors (Lipinski definition) is 12. The average Bonchev–Trinajstić information content (AvgIpc) is 3.06. The molecule has 0 aliphatic carbocycles. The fraction of sp³-hybridized carbons (Fsp3) is 0.412. The Kier molecular flexibility index (Phi) is 9.94. The topological polar surface area (TPSA) is 172 Å². The number of benzene rings is 1. The number of rotatable bonds is 7. The zero-order valence-electron chi connectivity index (χ0n) is 29.3. The van der Waals surface area contributed by atoms with Crippen molar-refractivity contribution < 1.29 is 37.5 Å². The Hall–Kier alpha value is -5.74. The van der Waals surface area contributed by atoms with Crippen LogP contribution in [0.4, 0.5) is 25.0 Å². The quantitative estimate of drug-likeness (QED) is 0.141. The van der Waals surface area contributed by atoms with Gasteiger partial charge in [-0.2, -0.15) is 0 Å². The minimum Gasteiger partial charge on any atom is -0.496 e. The first-order valence-corrected chi connectivity index (χ1v) is 15.9. The zero-order chi connectivity index (χ0) is 37.5. The second kappa shape index (κ2) is 13.9. The van der Waals surface area contributed by atoms with E-state index in [0.717, 1.165) is 23.8 Å². The molecule has 1 aliphatic rings. The molecule has 1 saturated heterocycles. The second-order valence-electron chi connectivity index (χ2n) is 13.2. The van der Waals surface area contributed by atoms with Crippen LogP contribution >= 0.6 is 0 Å². The highest BCUT2D eigenvalue weighted by molar-refractivity contribution is 5.99. The van der Waals surface area contributed by atoms with E-state index in [0.29, 0.717) is 0 Å². The first-order valence-electron chi connectivity index (χ1n) is 15.9. The van der Waals surface area contributed by atoms with Gasteiger partial charge in [-0.1, -0.05) is 19.9 Å². The van der Waals surface area contributed by atoms with E-state index in [-0.39, 0.29) is 52.9 Å². The second-order valence-corrected chi connectivity index (χ2v) is 13.2. The van der Waals surface area contributed by atoms with E-state index >= 15 is 8.78 Å². The summed E-state index contributed by atoms with van der Waals surface area (Å²) in [5.41, 5.74) is -4.64. The molecule has 2 atom stereocenters. The van der Waals surface area contributed by atoms with Crippen LogP contribution in [0, 0.1) is 21.7 Å². The molecule has 4 aromatic rings. The number of esters is 1. The number of aromatic nitrogens is 4. The van der Waals surface area contributed by atoms with E-state index in [1.54, 1.807) is 41.5 Å². The van der Waals surface area contributed by atoms with Gasteiger partial charge in [0.25, 0.3) is 0 Å². The van der Waals surface area contributed by atoms with E-state index < -0.39 is 68.9 Å². The monoisotopic (exact) mass is 709 g/mol. The van der Waals surface area contributed by atoms with Crippen LogP contribution in [-0.4, -0.2) is 86.4 Å². The molecular weight excluding hydrogens is 672 g/mol. The Labute approximate surface area is 290 Å². The number of amides is 1. The van der Waals surface area contributed by atoms with E-state index in [1.165, 1.54) is 41.4 Å². The predicted octanol–water partition coefficient (Wildman–Crippen LogP) is 5.15. The van der Waals surface area contributed by atoms with Crippen LogP contribution in [0.3, 0.4) is 0 Å². The molecule has 1 aromatic carbocycles. The third-order valence-corrected chi connectivity index (χ3v) is 8.26. The van der Waals surface area contributed by atoms with Gasteiger partial charge in [-0.25, -0.2) is 32.9 Å². The number of ether oxygens (including phenoxy) is 3. The number of nitro groups is 1. The number of halogens is 2. The lowest BCUT2D eigenvalue weighted by atomic mass is 10.0. The van der Waals surface area contributed by atoms with Crippen molar-refractivity contribution in [3.63, 3.8) is 0 Å². The number of carbonyl (C=O) groups excluding carboxylic acids is 2. The van der Waals surface area contributed by atoms with Crippen LogP contribution in [0.1, 0.15) is 53.2 Å². The fourth-order valence-electron chi connectivity index (χ4n) is 6.04. The maximum atomic E-state index is 16.4. The van der Waals surface area contributed by atoms with Crippen LogP contribution in [-0.2, 0) is 14.3 Å². The molecule has 1 aliphatic heterocycles. The minimum absolute atomic E-state index is 0.0722. The zero-order valence-corrected chi connectivity index (χ0v) is 29.3. The largest absolute Gasteiger partial charge is 0.496 e. The summed E-state index contributed by atoms with van der Waals surface area (Å²) in [4.78, 5) is 68.7.